The highest BCUT2D eigenvalue weighted by molar-refractivity contribution is 9.10. The van der Waals surface area contributed by atoms with Gasteiger partial charge in [-0.1, -0.05) is 12.2 Å². The van der Waals surface area contributed by atoms with Crippen molar-refractivity contribution >= 4 is 39.6 Å². The molecule has 1 N–H and O–H groups in total. The molecule has 0 aromatic heterocycles. The van der Waals surface area contributed by atoms with Gasteiger partial charge < -0.3 is 5.11 Å². The van der Waals surface area contributed by atoms with Crippen LogP contribution in [0.15, 0.2) is 33.9 Å². The molecule has 0 unspecified atom stereocenters. The molecular weight excluding hydrogens is 418 g/mol. The Labute approximate surface area is 161 Å². The number of halogens is 1. The molecule has 8 nitrogen and oxygen atoms in total. The number of carbonyl (C=O) groups excluding carboxylic acids is 2. The summed E-state index contributed by atoms with van der Waals surface area (Å²) in [5.41, 5.74) is -0.188. The third-order valence-electron chi connectivity index (χ3n) is 6.24. The monoisotopic (exact) mass is 431 g/mol. The number of benzene rings is 1. The number of non-ortho nitro benzene ring substituents is 1. The van der Waals surface area contributed by atoms with Gasteiger partial charge in [-0.25, -0.2) is 0 Å². The van der Waals surface area contributed by atoms with Crippen molar-refractivity contribution in [3.8, 4) is 5.75 Å². The van der Waals surface area contributed by atoms with E-state index in [1.807, 2.05) is 0 Å². The van der Waals surface area contributed by atoms with Crippen molar-refractivity contribution in [2.75, 3.05) is 0 Å². The van der Waals surface area contributed by atoms with Crippen molar-refractivity contribution in [3.63, 3.8) is 0 Å². The lowest BCUT2D eigenvalue weighted by molar-refractivity contribution is -0.385. The Bertz CT molecular complexity index is 938. The minimum Gasteiger partial charge on any atom is -0.506 e. The quantitative estimate of drug-likeness (QED) is 0.259. The zero-order valence-corrected chi connectivity index (χ0v) is 15.4. The number of nitro groups is 1. The molecule has 4 aliphatic carbocycles. The lowest BCUT2D eigenvalue weighted by atomic mass is 9.63. The van der Waals surface area contributed by atoms with Crippen LogP contribution in [-0.2, 0) is 9.59 Å². The first-order valence-electron chi connectivity index (χ1n) is 8.65. The summed E-state index contributed by atoms with van der Waals surface area (Å²) >= 11 is 3.06. The topological polar surface area (TPSA) is 113 Å². The van der Waals surface area contributed by atoms with Crippen LogP contribution in [0.25, 0.3) is 0 Å². The van der Waals surface area contributed by atoms with Crippen LogP contribution < -0.4 is 0 Å². The average molecular weight is 432 g/mol. The van der Waals surface area contributed by atoms with Gasteiger partial charge in [-0.2, -0.15) is 10.1 Å². The van der Waals surface area contributed by atoms with Crippen molar-refractivity contribution in [1.82, 2.24) is 5.01 Å². The number of phenolic OH excluding ortho intramolecular Hbond substituents is 1. The molecular formula is C18H14BrN3O5. The molecule has 1 heterocycles. The largest absolute Gasteiger partial charge is 0.506 e. The van der Waals surface area contributed by atoms with Crippen LogP contribution in [0.4, 0.5) is 5.69 Å². The standard InChI is InChI=1S/C18H14BrN3O5/c19-13-4-8(22(26)27)3-7(16(13)23)6-20-21-17(24)14-9-1-2-10(12-5-11(9)12)15(14)18(21)25/h1-4,6,9-12,14-15,23H,5H2/b20-6-/t9-,10-,11-,12-,14-,15+/m1/s1. The van der Waals surface area contributed by atoms with Crippen LogP contribution in [-0.4, -0.2) is 33.1 Å². The molecule has 2 amide bonds. The fourth-order valence-corrected chi connectivity index (χ4v) is 5.45. The van der Waals surface area contributed by atoms with Gasteiger partial charge in [0.15, 0.2) is 0 Å². The molecule has 5 aliphatic rings. The molecule has 0 spiro atoms. The molecule has 2 bridgehead atoms. The third-order valence-corrected chi connectivity index (χ3v) is 6.84. The number of carbonyl (C=O) groups is 2. The molecule has 138 valence electrons. The summed E-state index contributed by atoms with van der Waals surface area (Å²) in [5, 5.41) is 26.0. The van der Waals surface area contributed by atoms with Crippen LogP contribution in [0, 0.1) is 45.6 Å². The second-order valence-electron chi connectivity index (χ2n) is 7.51. The van der Waals surface area contributed by atoms with E-state index in [0.717, 1.165) is 23.7 Å². The van der Waals surface area contributed by atoms with Gasteiger partial charge in [-0.3, -0.25) is 19.7 Å². The predicted molar refractivity (Wildman–Crippen MR) is 96.6 cm³/mol. The van der Waals surface area contributed by atoms with Gasteiger partial charge >= 0.3 is 0 Å². The molecule has 1 aliphatic heterocycles. The Kier molecular flexibility index (Phi) is 3.37. The molecule has 0 radical (unpaired) electrons. The first-order chi connectivity index (χ1) is 12.9. The number of hydrazone groups is 1. The number of aromatic hydroxyl groups is 1. The maximum absolute atomic E-state index is 12.8. The summed E-state index contributed by atoms with van der Waals surface area (Å²) in [4.78, 5) is 36.1. The zero-order chi connectivity index (χ0) is 19.0. The van der Waals surface area contributed by atoms with Gasteiger partial charge in [-0.05, 0) is 46.0 Å². The molecule has 27 heavy (non-hydrogen) atoms. The maximum atomic E-state index is 12.8. The number of nitrogens with zero attached hydrogens (tertiary/aromatic N) is 3. The highest BCUT2D eigenvalue weighted by atomic mass is 79.9. The van der Waals surface area contributed by atoms with E-state index in [0.29, 0.717) is 11.8 Å². The third kappa shape index (κ3) is 2.24. The number of nitro benzene ring substituents is 1. The highest BCUT2D eigenvalue weighted by Crippen LogP contribution is 2.65. The van der Waals surface area contributed by atoms with Crippen LogP contribution in [0.2, 0.25) is 0 Å². The van der Waals surface area contributed by atoms with E-state index in [2.05, 4.69) is 33.2 Å². The van der Waals surface area contributed by atoms with E-state index < -0.39 is 4.92 Å². The molecule has 9 heteroatoms. The lowest BCUT2D eigenvalue weighted by Gasteiger charge is -2.37. The molecule has 6 rings (SSSR count). The van der Waals surface area contributed by atoms with E-state index >= 15 is 0 Å². The van der Waals surface area contributed by atoms with E-state index in [1.165, 1.54) is 6.07 Å². The normalized spacial score (nSPS) is 35.7. The van der Waals surface area contributed by atoms with Crippen LogP contribution in [0.5, 0.6) is 5.75 Å². The Balaban J connectivity index is 1.47. The van der Waals surface area contributed by atoms with Crippen molar-refractivity contribution in [1.29, 1.82) is 0 Å². The Morgan fingerprint density at radius 1 is 1.19 bits per heavy atom. The molecule has 1 saturated heterocycles. The van der Waals surface area contributed by atoms with Gasteiger partial charge in [0.25, 0.3) is 17.5 Å². The minimum atomic E-state index is -0.599. The van der Waals surface area contributed by atoms with Crippen LogP contribution in [0.3, 0.4) is 0 Å². The van der Waals surface area contributed by atoms with Crippen LogP contribution in [0.1, 0.15) is 12.0 Å². The van der Waals surface area contributed by atoms with Crippen molar-refractivity contribution in [3.05, 3.63) is 44.4 Å². The van der Waals surface area contributed by atoms with Gasteiger partial charge in [0, 0.05) is 17.7 Å². The van der Waals surface area contributed by atoms with Gasteiger partial charge in [0.2, 0.25) is 0 Å². The summed E-state index contributed by atoms with van der Waals surface area (Å²) < 4.78 is 0.133. The molecule has 3 fully saturated rings. The predicted octanol–water partition coefficient (Wildman–Crippen LogP) is 2.45. The average Bonchev–Trinajstić information content (AvgIpc) is 3.42. The van der Waals surface area contributed by atoms with Crippen molar-refractivity contribution < 1.29 is 19.6 Å². The first-order valence-corrected chi connectivity index (χ1v) is 9.45. The first kappa shape index (κ1) is 16.6. The summed E-state index contributed by atoms with van der Waals surface area (Å²) in [6.07, 6.45) is 6.34. The SMILES string of the molecule is O=C1[C@@H]2[C@@H]3C=C[C@H]([C@H]4C[C@H]34)[C@@H]2C(=O)N1/N=C\c1cc([N+](=O)[O-])cc(Br)c1O. The number of allylic oxidation sites excluding steroid dienone is 2. The highest BCUT2D eigenvalue weighted by Gasteiger charge is 2.67. The molecule has 6 atom stereocenters. The number of amides is 2. The second-order valence-corrected chi connectivity index (χ2v) is 8.36. The van der Waals surface area contributed by atoms with Gasteiger partial charge in [-0.15, -0.1) is 0 Å². The number of hydrogen-bond acceptors (Lipinski definition) is 6. The minimum absolute atomic E-state index is 0.0514. The van der Waals surface area contributed by atoms with E-state index in [4.69, 9.17) is 0 Å². The fourth-order valence-electron chi connectivity index (χ4n) is 4.98. The Morgan fingerprint density at radius 3 is 2.33 bits per heavy atom. The van der Waals surface area contributed by atoms with Crippen LogP contribution >= 0.6 is 15.9 Å². The number of imide groups is 1. The molecule has 1 aromatic rings. The Morgan fingerprint density at radius 2 is 1.78 bits per heavy atom. The van der Waals surface area contributed by atoms with Gasteiger partial charge in [0.05, 0.1) is 27.4 Å². The van der Waals surface area contributed by atoms with Crippen molar-refractivity contribution in [2.45, 2.75) is 6.42 Å². The second kappa shape index (κ2) is 5.48. The molecule has 1 aromatic carbocycles. The summed E-state index contributed by atoms with van der Waals surface area (Å²) in [7, 11) is 0. The van der Waals surface area contributed by atoms with Crippen molar-refractivity contribution in [2.24, 2.45) is 40.6 Å². The van der Waals surface area contributed by atoms with E-state index in [-0.39, 0.29) is 57.0 Å². The Hall–Kier alpha value is -2.55. The number of hydrogen-bond donors (Lipinski definition) is 1. The number of phenols is 1. The fraction of sp³-hybridized carbons (Fsp3) is 0.389. The smallest absolute Gasteiger partial charge is 0.271 e. The zero-order valence-electron chi connectivity index (χ0n) is 13.9. The molecule has 2 saturated carbocycles. The summed E-state index contributed by atoms with van der Waals surface area (Å²) in [6.45, 7) is 0. The lowest BCUT2D eigenvalue weighted by Crippen LogP contribution is -2.40. The summed E-state index contributed by atoms with van der Waals surface area (Å²) in [6, 6.07) is 2.31. The number of rotatable bonds is 3. The van der Waals surface area contributed by atoms with E-state index in [9.17, 15) is 24.8 Å². The van der Waals surface area contributed by atoms with Gasteiger partial charge in [0.1, 0.15) is 5.75 Å². The maximum Gasteiger partial charge on any atom is 0.271 e. The van der Waals surface area contributed by atoms with E-state index in [1.54, 1.807) is 0 Å². The summed E-state index contributed by atoms with van der Waals surface area (Å²) in [5.74, 6) is -0.423.